The molecule has 0 fully saturated rings. The van der Waals surface area contributed by atoms with E-state index in [0.717, 1.165) is 18.9 Å². The van der Waals surface area contributed by atoms with Crippen molar-refractivity contribution >= 4 is 0 Å². The Labute approximate surface area is 112 Å². The van der Waals surface area contributed by atoms with Gasteiger partial charge < -0.3 is 5.32 Å². The van der Waals surface area contributed by atoms with Crippen molar-refractivity contribution in [1.82, 2.24) is 10.3 Å². The molecule has 1 heterocycles. The van der Waals surface area contributed by atoms with Crippen molar-refractivity contribution < 1.29 is 0 Å². The van der Waals surface area contributed by atoms with E-state index in [0.29, 0.717) is 6.04 Å². The minimum Gasteiger partial charge on any atom is -0.314 e. The third-order valence-electron chi connectivity index (χ3n) is 3.38. The Hall–Kier alpha value is -0.890. The zero-order valence-electron chi connectivity index (χ0n) is 12.2. The normalized spacial score (nSPS) is 14.4. The maximum absolute atomic E-state index is 4.08. The van der Waals surface area contributed by atoms with Gasteiger partial charge in [-0.2, -0.15) is 0 Å². The Kier molecular flexibility index (Phi) is 7.66. The molecular weight excluding hydrogens is 220 g/mol. The van der Waals surface area contributed by atoms with Crippen LogP contribution in [0.25, 0.3) is 0 Å². The zero-order valence-corrected chi connectivity index (χ0v) is 12.2. The molecule has 0 spiro atoms. The predicted octanol–water partition coefficient (Wildman–Crippen LogP) is 3.82. The first kappa shape index (κ1) is 15.2. The molecule has 1 aromatic heterocycles. The highest BCUT2D eigenvalue weighted by molar-refractivity contribution is 5.11. The molecule has 18 heavy (non-hydrogen) atoms. The van der Waals surface area contributed by atoms with Gasteiger partial charge in [-0.25, -0.2) is 0 Å². The smallest absolute Gasteiger partial charge is 0.0270 e. The summed E-state index contributed by atoms with van der Waals surface area (Å²) in [6.45, 7) is 7.99. The standard InChI is InChI=1S/C16H28N2/c1-4-6-14(3)12-16(18-9-5-2)13-15-7-10-17-11-8-15/h7-8,10-11,14,16,18H,4-6,9,12-13H2,1-3H3. The van der Waals surface area contributed by atoms with E-state index in [2.05, 4.69) is 43.2 Å². The minimum atomic E-state index is 0.605. The van der Waals surface area contributed by atoms with Crippen molar-refractivity contribution in [3.63, 3.8) is 0 Å². The summed E-state index contributed by atoms with van der Waals surface area (Å²) in [6, 6.07) is 4.87. The second kappa shape index (κ2) is 9.09. The van der Waals surface area contributed by atoms with Crippen LogP contribution in [0.2, 0.25) is 0 Å². The topological polar surface area (TPSA) is 24.9 Å². The Balaban J connectivity index is 2.49. The predicted molar refractivity (Wildman–Crippen MR) is 78.7 cm³/mol. The van der Waals surface area contributed by atoms with Crippen LogP contribution in [0.5, 0.6) is 0 Å². The molecular formula is C16H28N2. The number of rotatable bonds is 9. The van der Waals surface area contributed by atoms with Gasteiger partial charge in [0.2, 0.25) is 0 Å². The van der Waals surface area contributed by atoms with E-state index in [1.54, 1.807) is 0 Å². The van der Waals surface area contributed by atoms with E-state index in [1.807, 2.05) is 12.4 Å². The number of hydrogen-bond acceptors (Lipinski definition) is 2. The minimum absolute atomic E-state index is 0.605. The molecule has 0 aliphatic carbocycles. The van der Waals surface area contributed by atoms with Crippen LogP contribution in [0.1, 0.15) is 52.0 Å². The Morgan fingerprint density at radius 3 is 2.50 bits per heavy atom. The van der Waals surface area contributed by atoms with Gasteiger partial charge in [-0.15, -0.1) is 0 Å². The van der Waals surface area contributed by atoms with Crippen molar-refractivity contribution in [2.24, 2.45) is 5.92 Å². The van der Waals surface area contributed by atoms with Crippen LogP contribution in [0, 0.1) is 5.92 Å². The molecule has 0 aliphatic rings. The van der Waals surface area contributed by atoms with Crippen LogP contribution in [0.4, 0.5) is 0 Å². The van der Waals surface area contributed by atoms with Crippen molar-refractivity contribution in [2.75, 3.05) is 6.54 Å². The van der Waals surface area contributed by atoms with Crippen molar-refractivity contribution in [3.05, 3.63) is 30.1 Å². The molecule has 0 saturated heterocycles. The van der Waals surface area contributed by atoms with E-state index >= 15 is 0 Å². The van der Waals surface area contributed by atoms with E-state index < -0.39 is 0 Å². The number of nitrogens with one attached hydrogen (secondary N) is 1. The maximum atomic E-state index is 4.08. The molecule has 0 saturated carbocycles. The van der Waals surface area contributed by atoms with E-state index in [1.165, 1.54) is 31.2 Å². The average molecular weight is 248 g/mol. The molecule has 1 N–H and O–H groups in total. The first-order valence-electron chi connectivity index (χ1n) is 7.38. The Morgan fingerprint density at radius 1 is 1.17 bits per heavy atom. The number of nitrogens with zero attached hydrogens (tertiary/aromatic N) is 1. The zero-order chi connectivity index (χ0) is 13.2. The molecule has 0 bridgehead atoms. The molecule has 2 heteroatoms. The molecule has 1 rings (SSSR count). The lowest BCUT2D eigenvalue weighted by molar-refractivity contribution is 0.380. The van der Waals surface area contributed by atoms with Gasteiger partial charge in [0.25, 0.3) is 0 Å². The number of aromatic nitrogens is 1. The molecule has 2 nitrogen and oxygen atoms in total. The van der Waals surface area contributed by atoms with Gasteiger partial charge in [-0.1, -0.05) is 33.6 Å². The van der Waals surface area contributed by atoms with Crippen LogP contribution in [0.15, 0.2) is 24.5 Å². The third-order valence-corrected chi connectivity index (χ3v) is 3.38. The van der Waals surface area contributed by atoms with Gasteiger partial charge in [-0.05, 0) is 49.4 Å². The molecule has 102 valence electrons. The Morgan fingerprint density at radius 2 is 1.89 bits per heavy atom. The van der Waals surface area contributed by atoms with Crippen LogP contribution in [-0.2, 0) is 6.42 Å². The number of hydrogen-bond donors (Lipinski definition) is 1. The molecule has 1 aromatic rings. The van der Waals surface area contributed by atoms with Crippen LogP contribution in [0.3, 0.4) is 0 Å². The van der Waals surface area contributed by atoms with E-state index in [-0.39, 0.29) is 0 Å². The fourth-order valence-electron chi connectivity index (χ4n) is 2.49. The molecule has 0 aliphatic heterocycles. The number of pyridine rings is 1. The van der Waals surface area contributed by atoms with Crippen molar-refractivity contribution in [1.29, 1.82) is 0 Å². The summed E-state index contributed by atoms with van der Waals surface area (Å²) in [5, 5.41) is 3.69. The van der Waals surface area contributed by atoms with Gasteiger partial charge >= 0.3 is 0 Å². The highest BCUT2D eigenvalue weighted by Crippen LogP contribution is 2.15. The molecule has 0 radical (unpaired) electrons. The molecule has 0 amide bonds. The van der Waals surface area contributed by atoms with E-state index in [9.17, 15) is 0 Å². The third kappa shape index (κ3) is 6.15. The van der Waals surface area contributed by atoms with Gasteiger partial charge in [0.1, 0.15) is 0 Å². The SMILES string of the molecule is CCCNC(Cc1ccncc1)CC(C)CCC. The monoisotopic (exact) mass is 248 g/mol. The lowest BCUT2D eigenvalue weighted by atomic mass is 9.93. The van der Waals surface area contributed by atoms with Crippen molar-refractivity contribution in [2.45, 2.75) is 58.9 Å². The van der Waals surface area contributed by atoms with Gasteiger partial charge in [-0.3, -0.25) is 4.98 Å². The first-order chi connectivity index (χ1) is 8.76. The summed E-state index contributed by atoms with van der Waals surface area (Å²) < 4.78 is 0. The highest BCUT2D eigenvalue weighted by Gasteiger charge is 2.12. The van der Waals surface area contributed by atoms with Gasteiger partial charge in [0.15, 0.2) is 0 Å². The largest absolute Gasteiger partial charge is 0.314 e. The summed E-state index contributed by atoms with van der Waals surface area (Å²) >= 11 is 0. The van der Waals surface area contributed by atoms with E-state index in [4.69, 9.17) is 0 Å². The maximum Gasteiger partial charge on any atom is 0.0270 e. The Bertz CT molecular complexity index is 297. The summed E-state index contributed by atoms with van der Waals surface area (Å²) in [5.74, 6) is 0.811. The molecule has 0 aromatic carbocycles. The lowest BCUT2D eigenvalue weighted by Gasteiger charge is -2.22. The average Bonchev–Trinajstić information content (AvgIpc) is 2.37. The molecule has 2 unspecified atom stereocenters. The van der Waals surface area contributed by atoms with Crippen molar-refractivity contribution in [3.8, 4) is 0 Å². The summed E-state index contributed by atoms with van der Waals surface area (Å²) in [6.07, 6.45) is 10.0. The summed E-state index contributed by atoms with van der Waals surface area (Å²) in [4.78, 5) is 4.08. The fraction of sp³-hybridized carbons (Fsp3) is 0.688. The summed E-state index contributed by atoms with van der Waals surface area (Å²) in [5.41, 5.74) is 1.39. The second-order valence-electron chi connectivity index (χ2n) is 5.34. The first-order valence-corrected chi connectivity index (χ1v) is 7.38. The van der Waals surface area contributed by atoms with Crippen LogP contribution < -0.4 is 5.32 Å². The summed E-state index contributed by atoms with van der Waals surface area (Å²) in [7, 11) is 0. The quantitative estimate of drug-likeness (QED) is 0.718. The van der Waals surface area contributed by atoms with Gasteiger partial charge in [0, 0.05) is 18.4 Å². The lowest BCUT2D eigenvalue weighted by Crippen LogP contribution is -2.33. The second-order valence-corrected chi connectivity index (χ2v) is 5.34. The molecule has 2 atom stereocenters. The van der Waals surface area contributed by atoms with Gasteiger partial charge in [0.05, 0.1) is 0 Å². The fourth-order valence-corrected chi connectivity index (χ4v) is 2.49. The highest BCUT2D eigenvalue weighted by atomic mass is 14.9. The van der Waals surface area contributed by atoms with Crippen LogP contribution in [-0.4, -0.2) is 17.6 Å². The van der Waals surface area contributed by atoms with Crippen LogP contribution >= 0.6 is 0 Å².